The number of fused-ring (bicyclic) bond motifs is 1. The normalized spacial score (nSPS) is 14.3. The Hall–Kier alpha value is -4.80. The van der Waals surface area contributed by atoms with Gasteiger partial charge in [-0.3, -0.25) is 9.78 Å². The van der Waals surface area contributed by atoms with Gasteiger partial charge in [-0.25, -0.2) is 4.98 Å². The Morgan fingerprint density at radius 3 is 2.48 bits per heavy atom. The van der Waals surface area contributed by atoms with E-state index in [2.05, 4.69) is 55.8 Å². The molecule has 3 aromatic carbocycles. The molecule has 1 aliphatic heterocycles. The minimum atomic E-state index is -0.193. The zero-order valence-corrected chi connectivity index (χ0v) is 29.8. The zero-order valence-electron chi connectivity index (χ0n) is 29.1. The number of benzene rings is 3. The van der Waals surface area contributed by atoms with Crippen LogP contribution in [0.3, 0.4) is 0 Å². The summed E-state index contributed by atoms with van der Waals surface area (Å²) in [6.07, 6.45) is 5.49. The van der Waals surface area contributed by atoms with E-state index in [1.807, 2.05) is 43.5 Å². The van der Waals surface area contributed by atoms with Crippen molar-refractivity contribution in [1.82, 2.24) is 25.2 Å². The maximum Gasteiger partial charge on any atom is 0.251 e. The number of pyridine rings is 1. The highest BCUT2D eigenvalue weighted by atomic mass is 35.5. The molecule has 3 N–H and O–H groups in total. The molecule has 1 aliphatic rings. The highest BCUT2D eigenvalue weighted by molar-refractivity contribution is 6.30. The van der Waals surface area contributed by atoms with Gasteiger partial charge in [0.2, 0.25) is 11.7 Å². The number of carbonyl (C=O) groups excluding carboxylic acids is 1. The first-order valence-corrected chi connectivity index (χ1v) is 17.4. The van der Waals surface area contributed by atoms with Gasteiger partial charge < -0.3 is 34.7 Å². The molecule has 1 atom stereocenters. The molecule has 262 valence electrons. The summed E-state index contributed by atoms with van der Waals surface area (Å²) in [5.41, 5.74) is 6.51. The number of aromatic amines is 1. The number of amides is 1. The molecule has 50 heavy (non-hydrogen) atoms. The molecule has 0 aliphatic carbocycles. The highest BCUT2D eigenvalue weighted by Gasteiger charge is 2.24. The van der Waals surface area contributed by atoms with Crippen LogP contribution in [-0.2, 0) is 6.42 Å². The van der Waals surface area contributed by atoms with Gasteiger partial charge in [0.25, 0.3) is 5.91 Å². The lowest BCUT2D eigenvalue weighted by molar-refractivity contribution is 0.0948. The van der Waals surface area contributed by atoms with Gasteiger partial charge in [0.05, 0.1) is 32.4 Å². The van der Waals surface area contributed by atoms with E-state index < -0.39 is 0 Å². The summed E-state index contributed by atoms with van der Waals surface area (Å²) < 4.78 is 16.6. The summed E-state index contributed by atoms with van der Waals surface area (Å²) in [5.74, 6) is 2.11. The van der Waals surface area contributed by atoms with Gasteiger partial charge in [0.15, 0.2) is 11.5 Å². The smallest absolute Gasteiger partial charge is 0.251 e. The summed E-state index contributed by atoms with van der Waals surface area (Å²) in [7, 11) is 4.65. The third kappa shape index (κ3) is 8.14. The number of hydrogen-bond donors (Lipinski definition) is 3. The fourth-order valence-electron chi connectivity index (χ4n) is 6.80. The van der Waals surface area contributed by atoms with Crippen molar-refractivity contribution in [3.05, 3.63) is 106 Å². The number of H-pyrrole nitrogens is 1. The van der Waals surface area contributed by atoms with Crippen molar-refractivity contribution in [3.8, 4) is 17.2 Å². The second-order valence-electron chi connectivity index (χ2n) is 12.7. The average molecular weight is 697 g/mol. The predicted molar refractivity (Wildman–Crippen MR) is 198 cm³/mol. The summed E-state index contributed by atoms with van der Waals surface area (Å²) in [4.78, 5) is 28.9. The number of halogens is 1. The van der Waals surface area contributed by atoms with Crippen molar-refractivity contribution in [1.29, 1.82) is 0 Å². The van der Waals surface area contributed by atoms with Crippen molar-refractivity contribution < 1.29 is 19.0 Å². The summed E-state index contributed by atoms with van der Waals surface area (Å²) in [6.45, 7) is 5.20. The number of piperidine rings is 1. The van der Waals surface area contributed by atoms with Crippen LogP contribution in [0.5, 0.6) is 17.2 Å². The molecule has 1 fully saturated rings. The first-order valence-electron chi connectivity index (χ1n) is 17.1. The van der Waals surface area contributed by atoms with Gasteiger partial charge in [0.1, 0.15) is 0 Å². The molecule has 5 aromatic rings. The van der Waals surface area contributed by atoms with E-state index in [0.29, 0.717) is 46.0 Å². The molecule has 6 rings (SSSR count). The quantitative estimate of drug-likeness (QED) is 0.114. The number of nitrogens with one attached hydrogen (secondary N) is 3. The summed E-state index contributed by atoms with van der Waals surface area (Å²) in [5, 5.41) is 7.52. The van der Waals surface area contributed by atoms with Gasteiger partial charge in [-0.1, -0.05) is 41.9 Å². The molecule has 0 saturated carbocycles. The van der Waals surface area contributed by atoms with Crippen molar-refractivity contribution in [3.63, 3.8) is 0 Å². The largest absolute Gasteiger partial charge is 0.493 e. The number of rotatable bonds is 14. The second kappa shape index (κ2) is 16.3. The molecule has 11 heteroatoms. The van der Waals surface area contributed by atoms with Crippen LogP contribution in [0.25, 0.3) is 11.0 Å². The fourth-order valence-corrected chi connectivity index (χ4v) is 6.93. The molecule has 3 heterocycles. The van der Waals surface area contributed by atoms with E-state index in [4.69, 9.17) is 30.8 Å². The number of likely N-dealkylation sites (tertiary alicyclic amines) is 1. The molecule has 0 radical (unpaired) electrons. The first kappa shape index (κ1) is 35.0. The molecular weight excluding hydrogens is 652 g/mol. The Labute approximate surface area is 298 Å². The van der Waals surface area contributed by atoms with Crippen LogP contribution in [0.1, 0.15) is 57.9 Å². The Morgan fingerprint density at radius 2 is 1.78 bits per heavy atom. The van der Waals surface area contributed by atoms with E-state index in [1.165, 1.54) is 0 Å². The lowest BCUT2D eigenvalue weighted by Crippen LogP contribution is -2.40. The van der Waals surface area contributed by atoms with Crippen LogP contribution in [0.4, 0.5) is 5.95 Å². The monoisotopic (exact) mass is 696 g/mol. The van der Waals surface area contributed by atoms with Gasteiger partial charge in [0, 0.05) is 66.1 Å². The summed E-state index contributed by atoms with van der Waals surface area (Å²) in [6, 6.07) is 22.2. The standard InChI is InChI=1S/C39H45ClN6O4/c1-25-32(23-34(48-2)37(50-4)36(25)49-3)38(47)42-24-28(26-11-13-29(40)14-12-26)15-19-46-20-16-30(17-21-46)43-39-44-33-10-7-8-27(35(33)45-39)22-31-9-5-6-18-41-31/h5-14,18,23,28,30H,15-17,19-22,24H2,1-4H3,(H,42,47)(H2,43,44,45). The van der Waals surface area contributed by atoms with Crippen LogP contribution in [-0.4, -0.2) is 79.3 Å². The van der Waals surface area contributed by atoms with Gasteiger partial charge in [-0.15, -0.1) is 0 Å². The van der Waals surface area contributed by atoms with E-state index in [9.17, 15) is 4.79 Å². The number of para-hydroxylation sites is 1. The number of ether oxygens (including phenoxy) is 3. The fraction of sp³-hybridized carbons (Fsp3) is 0.359. The maximum atomic E-state index is 13.5. The topological polar surface area (TPSA) is 114 Å². The Balaban J connectivity index is 1.06. The average Bonchev–Trinajstić information content (AvgIpc) is 3.56. The van der Waals surface area contributed by atoms with Crippen LogP contribution in [0.2, 0.25) is 5.02 Å². The molecule has 1 saturated heterocycles. The second-order valence-corrected chi connectivity index (χ2v) is 13.2. The molecule has 0 bridgehead atoms. The number of imidazole rings is 1. The lowest BCUT2D eigenvalue weighted by Gasteiger charge is -2.33. The number of hydrogen-bond acceptors (Lipinski definition) is 8. The molecule has 1 amide bonds. The predicted octanol–water partition coefficient (Wildman–Crippen LogP) is 7.02. The van der Waals surface area contributed by atoms with E-state index in [1.54, 1.807) is 27.4 Å². The van der Waals surface area contributed by atoms with Crippen LogP contribution < -0.4 is 24.8 Å². The molecule has 2 aromatic heterocycles. The van der Waals surface area contributed by atoms with E-state index >= 15 is 0 Å². The Morgan fingerprint density at radius 1 is 1.00 bits per heavy atom. The van der Waals surface area contributed by atoms with Crippen molar-refractivity contribution in [2.45, 2.75) is 44.6 Å². The molecular formula is C39H45ClN6O4. The molecule has 10 nitrogen and oxygen atoms in total. The van der Waals surface area contributed by atoms with E-state index in [0.717, 1.165) is 79.1 Å². The van der Waals surface area contributed by atoms with Crippen LogP contribution >= 0.6 is 11.6 Å². The van der Waals surface area contributed by atoms with Crippen molar-refractivity contribution in [2.24, 2.45) is 0 Å². The lowest BCUT2D eigenvalue weighted by atomic mass is 9.94. The number of aromatic nitrogens is 3. The SMILES string of the molecule is COc1cc(C(=O)NCC(CCN2CCC(Nc3nc4c(Cc5ccccn5)cccc4[nH]3)CC2)c2ccc(Cl)cc2)c(C)c(OC)c1OC. The highest BCUT2D eigenvalue weighted by Crippen LogP contribution is 2.41. The number of carbonyl (C=O) groups is 1. The van der Waals surface area contributed by atoms with E-state index in [-0.39, 0.29) is 11.8 Å². The molecule has 0 spiro atoms. The first-order chi connectivity index (χ1) is 24.4. The zero-order chi connectivity index (χ0) is 35.0. The molecule has 1 unspecified atom stereocenters. The van der Waals surface area contributed by atoms with Gasteiger partial charge in [-0.2, -0.15) is 0 Å². The maximum absolute atomic E-state index is 13.5. The van der Waals surface area contributed by atoms with Crippen molar-refractivity contribution >= 4 is 34.5 Å². The van der Waals surface area contributed by atoms with Gasteiger partial charge in [-0.05, 0) is 80.3 Å². The number of methoxy groups -OCH3 is 3. The summed E-state index contributed by atoms with van der Waals surface area (Å²) >= 11 is 6.23. The van der Waals surface area contributed by atoms with Crippen molar-refractivity contribution in [2.75, 3.05) is 52.8 Å². The number of nitrogens with zero attached hydrogens (tertiary/aromatic N) is 3. The third-order valence-corrected chi connectivity index (χ3v) is 9.84. The Kier molecular flexibility index (Phi) is 11.4. The third-order valence-electron chi connectivity index (χ3n) is 9.59. The van der Waals surface area contributed by atoms with Gasteiger partial charge >= 0.3 is 0 Å². The van der Waals surface area contributed by atoms with Crippen LogP contribution in [0, 0.1) is 6.92 Å². The Bertz CT molecular complexity index is 1890. The minimum absolute atomic E-state index is 0.102. The van der Waals surface area contributed by atoms with Crippen LogP contribution in [0.15, 0.2) is 72.9 Å². The minimum Gasteiger partial charge on any atom is -0.493 e. The number of anilines is 1.